The van der Waals surface area contributed by atoms with Gasteiger partial charge in [0.2, 0.25) is 5.91 Å². The summed E-state index contributed by atoms with van der Waals surface area (Å²) in [6.45, 7) is 7.76. The quantitative estimate of drug-likeness (QED) is 0.779. The SMILES string of the molecule is C=CCN1CCN(C(=O)[C@@H](N)Cc2ccc(O)cc2)CC1. The van der Waals surface area contributed by atoms with Crippen LogP contribution in [-0.4, -0.2) is 59.6 Å². The first-order chi connectivity index (χ1) is 10.1. The minimum atomic E-state index is -0.527. The van der Waals surface area contributed by atoms with Gasteiger partial charge in [-0.15, -0.1) is 6.58 Å². The van der Waals surface area contributed by atoms with Gasteiger partial charge in [-0.2, -0.15) is 0 Å². The van der Waals surface area contributed by atoms with Gasteiger partial charge in [0.15, 0.2) is 0 Å². The number of aromatic hydroxyl groups is 1. The van der Waals surface area contributed by atoms with E-state index in [9.17, 15) is 9.90 Å². The van der Waals surface area contributed by atoms with Crippen LogP contribution in [0.2, 0.25) is 0 Å². The van der Waals surface area contributed by atoms with Gasteiger partial charge in [0.1, 0.15) is 5.75 Å². The Labute approximate surface area is 125 Å². The van der Waals surface area contributed by atoms with Gasteiger partial charge in [0.05, 0.1) is 6.04 Å². The maximum absolute atomic E-state index is 12.3. The zero-order valence-corrected chi connectivity index (χ0v) is 12.2. The molecule has 0 aromatic heterocycles. The minimum absolute atomic E-state index is 0.00123. The van der Waals surface area contributed by atoms with Crippen molar-refractivity contribution < 1.29 is 9.90 Å². The second kappa shape index (κ2) is 7.24. The normalized spacial score (nSPS) is 17.5. The van der Waals surface area contributed by atoms with E-state index in [-0.39, 0.29) is 11.7 Å². The van der Waals surface area contributed by atoms with Crippen molar-refractivity contribution >= 4 is 5.91 Å². The van der Waals surface area contributed by atoms with Gasteiger partial charge in [0, 0.05) is 32.7 Å². The summed E-state index contributed by atoms with van der Waals surface area (Å²) in [5.74, 6) is 0.221. The number of phenols is 1. The highest BCUT2D eigenvalue weighted by atomic mass is 16.3. The summed E-state index contributed by atoms with van der Waals surface area (Å²) < 4.78 is 0. The fraction of sp³-hybridized carbons (Fsp3) is 0.438. The van der Waals surface area contributed by atoms with Crippen molar-refractivity contribution in [1.29, 1.82) is 0 Å². The molecule has 1 amide bonds. The lowest BCUT2D eigenvalue weighted by molar-refractivity contribution is -0.134. The van der Waals surface area contributed by atoms with Crippen molar-refractivity contribution in [2.24, 2.45) is 5.73 Å². The number of phenolic OH excluding ortho intramolecular Hbond substituents is 1. The van der Waals surface area contributed by atoms with E-state index in [2.05, 4.69) is 11.5 Å². The average molecular weight is 289 g/mol. The molecule has 1 fully saturated rings. The van der Waals surface area contributed by atoms with Crippen LogP contribution < -0.4 is 5.73 Å². The topological polar surface area (TPSA) is 69.8 Å². The Morgan fingerprint density at radius 3 is 2.48 bits per heavy atom. The molecule has 1 aliphatic heterocycles. The first-order valence-corrected chi connectivity index (χ1v) is 7.25. The lowest BCUT2D eigenvalue weighted by atomic mass is 10.0. The zero-order chi connectivity index (χ0) is 15.2. The molecule has 1 saturated heterocycles. The van der Waals surface area contributed by atoms with Crippen LogP contribution >= 0.6 is 0 Å². The maximum Gasteiger partial charge on any atom is 0.239 e. The van der Waals surface area contributed by atoms with Crippen molar-refractivity contribution in [3.63, 3.8) is 0 Å². The molecule has 1 atom stereocenters. The molecule has 5 nitrogen and oxygen atoms in total. The van der Waals surface area contributed by atoms with Gasteiger partial charge in [-0.3, -0.25) is 9.69 Å². The fourth-order valence-corrected chi connectivity index (χ4v) is 2.54. The fourth-order valence-electron chi connectivity index (χ4n) is 2.54. The highest BCUT2D eigenvalue weighted by Crippen LogP contribution is 2.12. The summed E-state index contributed by atoms with van der Waals surface area (Å²) in [6.07, 6.45) is 2.38. The summed E-state index contributed by atoms with van der Waals surface area (Å²) >= 11 is 0. The Morgan fingerprint density at radius 2 is 1.90 bits per heavy atom. The highest BCUT2D eigenvalue weighted by molar-refractivity contribution is 5.82. The zero-order valence-electron chi connectivity index (χ0n) is 12.2. The van der Waals surface area contributed by atoms with Gasteiger partial charge in [-0.25, -0.2) is 0 Å². The molecular formula is C16H23N3O2. The number of rotatable bonds is 5. The molecule has 0 spiro atoms. The average Bonchev–Trinajstić information content (AvgIpc) is 2.50. The van der Waals surface area contributed by atoms with E-state index in [1.54, 1.807) is 24.3 Å². The van der Waals surface area contributed by atoms with Crippen LogP contribution in [0.5, 0.6) is 5.75 Å². The molecule has 3 N–H and O–H groups in total. The van der Waals surface area contributed by atoms with Gasteiger partial charge >= 0.3 is 0 Å². The van der Waals surface area contributed by atoms with Crippen LogP contribution in [0.4, 0.5) is 0 Å². The van der Waals surface area contributed by atoms with E-state index in [1.165, 1.54) is 0 Å². The van der Waals surface area contributed by atoms with Crippen LogP contribution in [0.25, 0.3) is 0 Å². The number of carbonyl (C=O) groups excluding carboxylic acids is 1. The molecule has 0 aliphatic carbocycles. The van der Waals surface area contributed by atoms with Crippen molar-refractivity contribution in [2.75, 3.05) is 32.7 Å². The number of benzene rings is 1. The van der Waals surface area contributed by atoms with Gasteiger partial charge in [-0.1, -0.05) is 18.2 Å². The molecule has 1 aromatic rings. The summed E-state index contributed by atoms with van der Waals surface area (Å²) in [7, 11) is 0. The largest absolute Gasteiger partial charge is 0.508 e. The third kappa shape index (κ3) is 4.31. The molecule has 5 heteroatoms. The van der Waals surface area contributed by atoms with Gasteiger partial charge < -0.3 is 15.7 Å². The summed E-state index contributed by atoms with van der Waals surface area (Å²) in [6, 6.07) is 6.29. The highest BCUT2D eigenvalue weighted by Gasteiger charge is 2.24. The molecule has 0 unspecified atom stereocenters. The molecule has 114 valence electrons. The third-order valence-corrected chi connectivity index (χ3v) is 3.78. The number of amides is 1. The second-order valence-electron chi connectivity index (χ2n) is 5.39. The van der Waals surface area contributed by atoms with Crippen molar-refractivity contribution in [3.8, 4) is 5.75 Å². The predicted octanol–water partition coefficient (Wildman–Crippen LogP) is 0.592. The summed E-state index contributed by atoms with van der Waals surface area (Å²) in [5, 5.41) is 9.25. The molecule has 1 aliphatic rings. The third-order valence-electron chi connectivity index (χ3n) is 3.78. The standard InChI is InChI=1S/C16H23N3O2/c1-2-7-18-8-10-19(11-9-18)16(21)15(17)12-13-3-5-14(20)6-4-13/h2-6,15,20H,1,7-12,17H2/t15-/m0/s1. The molecular weight excluding hydrogens is 266 g/mol. The van der Waals surface area contributed by atoms with E-state index >= 15 is 0 Å². The minimum Gasteiger partial charge on any atom is -0.508 e. The molecule has 1 heterocycles. The van der Waals surface area contributed by atoms with Crippen LogP contribution in [0.3, 0.4) is 0 Å². The second-order valence-corrected chi connectivity index (χ2v) is 5.39. The van der Waals surface area contributed by atoms with Crippen LogP contribution in [0, 0.1) is 0 Å². The number of piperazine rings is 1. The molecule has 1 aromatic carbocycles. The number of hydrogen-bond donors (Lipinski definition) is 2. The smallest absolute Gasteiger partial charge is 0.239 e. The number of hydrogen-bond acceptors (Lipinski definition) is 4. The first-order valence-electron chi connectivity index (χ1n) is 7.25. The molecule has 0 radical (unpaired) electrons. The Balaban J connectivity index is 1.85. The number of nitrogens with zero attached hydrogens (tertiary/aromatic N) is 2. The lowest BCUT2D eigenvalue weighted by Gasteiger charge is -2.35. The summed E-state index contributed by atoms with van der Waals surface area (Å²) in [4.78, 5) is 16.5. The lowest BCUT2D eigenvalue weighted by Crippen LogP contribution is -2.53. The van der Waals surface area contributed by atoms with E-state index in [1.807, 2.05) is 11.0 Å². The Bertz CT molecular complexity index is 479. The Kier molecular flexibility index (Phi) is 5.36. The van der Waals surface area contributed by atoms with Gasteiger partial charge in [0.25, 0.3) is 0 Å². The van der Waals surface area contributed by atoms with E-state index < -0.39 is 6.04 Å². The monoisotopic (exact) mass is 289 g/mol. The van der Waals surface area contributed by atoms with E-state index in [0.29, 0.717) is 6.42 Å². The van der Waals surface area contributed by atoms with Crippen LogP contribution in [-0.2, 0) is 11.2 Å². The molecule has 0 bridgehead atoms. The predicted molar refractivity (Wildman–Crippen MR) is 83.0 cm³/mol. The molecule has 21 heavy (non-hydrogen) atoms. The first kappa shape index (κ1) is 15.5. The van der Waals surface area contributed by atoms with E-state index in [4.69, 9.17) is 5.73 Å². The number of nitrogens with two attached hydrogens (primary N) is 1. The Hall–Kier alpha value is -1.85. The number of carbonyl (C=O) groups is 1. The van der Waals surface area contributed by atoms with Crippen molar-refractivity contribution in [1.82, 2.24) is 9.80 Å². The van der Waals surface area contributed by atoms with Crippen molar-refractivity contribution in [2.45, 2.75) is 12.5 Å². The van der Waals surface area contributed by atoms with E-state index in [0.717, 1.165) is 38.3 Å². The van der Waals surface area contributed by atoms with Crippen molar-refractivity contribution in [3.05, 3.63) is 42.5 Å². The van der Waals surface area contributed by atoms with Crippen LogP contribution in [0.1, 0.15) is 5.56 Å². The Morgan fingerprint density at radius 1 is 1.29 bits per heavy atom. The molecule has 0 saturated carbocycles. The maximum atomic E-state index is 12.3. The van der Waals surface area contributed by atoms with Crippen LogP contribution in [0.15, 0.2) is 36.9 Å². The molecule has 2 rings (SSSR count). The summed E-state index contributed by atoms with van der Waals surface area (Å²) in [5.41, 5.74) is 6.99. The van der Waals surface area contributed by atoms with Gasteiger partial charge in [-0.05, 0) is 24.1 Å².